The third-order valence-corrected chi connectivity index (χ3v) is 7.84. The highest BCUT2D eigenvalue weighted by Crippen LogP contribution is 2.42. The van der Waals surface area contributed by atoms with Gasteiger partial charge in [0.2, 0.25) is 5.91 Å². The standard InChI is InChI=1S/C32H32N4O5/c1-2-35-27-17-22(32(39)40)8-10-25(27)29(31(35)38)30(20-6-4-3-5-7-20)34-23-9-11-26-21(16-23)12-14-36(26)28(37)18-24-19-33-13-15-41-24/h3-11,16-17,24,33-34H,2,12-15,18-19H2,1H3,(H,39,40). The first kappa shape index (κ1) is 26.7. The number of ether oxygens (including phenoxy) is 1. The van der Waals surface area contributed by atoms with Gasteiger partial charge in [-0.25, -0.2) is 4.79 Å². The number of carbonyl (C=O) groups excluding carboxylic acids is 2. The van der Waals surface area contributed by atoms with Crippen LogP contribution in [0.1, 0.15) is 40.4 Å². The Hall–Kier alpha value is -4.47. The lowest BCUT2D eigenvalue weighted by Crippen LogP contribution is -2.42. The Morgan fingerprint density at radius 2 is 1.88 bits per heavy atom. The number of hydrogen-bond acceptors (Lipinski definition) is 6. The summed E-state index contributed by atoms with van der Waals surface area (Å²) < 4.78 is 5.73. The molecule has 0 aliphatic carbocycles. The van der Waals surface area contributed by atoms with Crippen molar-refractivity contribution in [3.8, 4) is 0 Å². The Morgan fingerprint density at radius 3 is 2.61 bits per heavy atom. The molecule has 3 heterocycles. The van der Waals surface area contributed by atoms with E-state index in [0.717, 1.165) is 35.5 Å². The summed E-state index contributed by atoms with van der Waals surface area (Å²) in [7, 11) is 0. The van der Waals surface area contributed by atoms with Gasteiger partial charge in [0, 0.05) is 43.1 Å². The highest BCUT2D eigenvalue weighted by molar-refractivity contribution is 6.38. The highest BCUT2D eigenvalue weighted by atomic mass is 16.5. The van der Waals surface area contributed by atoms with Crippen LogP contribution in [0.2, 0.25) is 0 Å². The summed E-state index contributed by atoms with van der Waals surface area (Å²) in [6.07, 6.45) is 0.971. The van der Waals surface area contributed by atoms with Gasteiger partial charge in [0.05, 0.1) is 41.7 Å². The Labute approximate surface area is 238 Å². The van der Waals surface area contributed by atoms with Gasteiger partial charge in [-0.2, -0.15) is 0 Å². The largest absolute Gasteiger partial charge is 0.478 e. The minimum absolute atomic E-state index is 0.0544. The van der Waals surface area contributed by atoms with E-state index >= 15 is 0 Å². The van der Waals surface area contributed by atoms with E-state index in [1.54, 1.807) is 17.0 Å². The maximum atomic E-state index is 13.8. The number of nitrogens with zero attached hydrogens (tertiary/aromatic N) is 2. The normalized spacial score (nSPS) is 19.1. The molecule has 41 heavy (non-hydrogen) atoms. The zero-order valence-corrected chi connectivity index (χ0v) is 22.9. The number of rotatable bonds is 7. The fraction of sp³-hybridized carbons (Fsp3) is 0.281. The van der Waals surface area contributed by atoms with Crippen LogP contribution in [0.25, 0.3) is 11.3 Å². The van der Waals surface area contributed by atoms with E-state index in [1.165, 1.54) is 6.07 Å². The van der Waals surface area contributed by atoms with Gasteiger partial charge in [-0.05, 0) is 54.8 Å². The van der Waals surface area contributed by atoms with Crippen LogP contribution in [0, 0.1) is 0 Å². The molecular weight excluding hydrogens is 520 g/mol. The van der Waals surface area contributed by atoms with E-state index in [9.17, 15) is 19.5 Å². The smallest absolute Gasteiger partial charge is 0.335 e. The lowest BCUT2D eigenvalue weighted by Gasteiger charge is -2.25. The van der Waals surface area contributed by atoms with E-state index in [0.29, 0.717) is 55.2 Å². The number of benzene rings is 3. The van der Waals surface area contributed by atoms with Crippen LogP contribution in [-0.4, -0.2) is 61.8 Å². The van der Waals surface area contributed by atoms with E-state index in [1.807, 2.05) is 60.4 Å². The minimum Gasteiger partial charge on any atom is -0.478 e. The summed E-state index contributed by atoms with van der Waals surface area (Å²) in [5, 5.41) is 16.3. The second-order valence-electron chi connectivity index (χ2n) is 10.4. The third-order valence-electron chi connectivity index (χ3n) is 7.84. The molecule has 9 heteroatoms. The summed E-state index contributed by atoms with van der Waals surface area (Å²) in [6, 6.07) is 20.4. The summed E-state index contributed by atoms with van der Waals surface area (Å²) in [5.74, 6) is -1.17. The van der Waals surface area contributed by atoms with Crippen molar-refractivity contribution in [1.82, 2.24) is 5.32 Å². The molecule has 6 rings (SSSR count). The van der Waals surface area contributed by atoms with Crippen LogP contribution in [0.3, 0.4) is 0 Å². The van der Waals surface area contributed by atoms with Gasteiger partial charge < -0.3 is 30.3 Å². The lowest BCUT2D eigenvalue weighted by atomic mass is 9.99. The molecule has 0 saturated carbocycles. The molecule has 3 aromatic rings. The Morgan fingerprint density at radius 1 is 1.05 bits per heavy atom. The van der Waals surface area contributed by atoms with Crippen molar-refractivity contribution < 1.29 is 24.2 Å². The number of nitrogens with one attached hydrogen (secondary N) is 2. The van der Waals surface area contributed by atoms with Crippen molar-refractivity contribution in [1.29, 1.82) is 0 Å². The molecule has 3 aromatic carbocycles. The van der Waals surface area contributed by atoms with Crippen LogP contribution >= 0.6 is 0 Å². The van der Waals surface area contributed by atoms with Gasteiger partial charge in [0.15, 0.2) is 0 Å². The van der Waals surface area contributed by atoms with E-state index < -0.39 is 5.97 Å². The lowest BCUT2D eigenvalue weighted by molar-refractivity contribution is -0.121. The molecule has 3 aliphatic rings. The third kappa shape index (κ3) is 5.10. The highest BCUT2D eigenvalue weighted by Gasteiger charge is 2.35. The Bertz CT molecular complexity index is 1540. The average molecular weight is 553 g/mol. The Balaban J connectivity index is 1.35. The van der Waals surface area contributed by atoms with Crippen LogP contribution in [0.5, 0.6) is 0 Å². The van der Waals surface area contributed by atoms with Gasteiger partial charge in [-0.1, -0.05) is 36.4 Å². The molecule has 0 bridgehead atoms. The molecule has 1 saturated heterocycles. The summed E-state index contributed by atoms with van der Waals surface area (Å²) in [5.41, 5.74) is 6.13. The minimum atomic E-state index is -1.04. The topological polar surface area (TPSA) is 111 Å². The Kier molecular flexibility index (Phi) is 7.30. The molecule has 0 spiro atoms. The first-order valence-corrected chi connectivity index (χ1v) is 14.0. The van der Waals surface area contributed by atoms with Crippen LogP contribution in [-0.2, 0) is 20.7 Å². The van der Waals surface area contributed by atoms with Crippen molar-refractivity contribution in [2.24, 2.45) is 0 Å². The van der Waals surface area contributed by atoms with Crippen LogP contribution < -0.4 is 20.4 Å². The number of carbonyl (C=O) groups is 3. The summed E-state index contributed by atoms with van der Waals surface area (Å²) in [6.45, 7) is 5.01. The van der Waals surface area contributed by atoms with Gasteiger partial charge >= 0.3 is 5.97 Å². The van der Waals surface area contributed by atoms with Crippen molar-refractivity contribution >= 4 is 46.1 Å². The van der Waals surface area contributed by atoms with Crippen LogP contribution in [0.4, 0.5) is 17.1 Å². The maximum absolute atomic E-state index is 13.8. The number of amides is 2. The molecule has 3 N–H and O–H groups in total. The molecular formula is C32H32N4O5. The van der Waals surface area contributed by atoms with Gasteiger partial charge in [0.1, 0.15) is 0 Å². The molecule has 3 aliphatic heterocycles. The zero-order valence-electron chi connectivity index (χ0n) is 22.9. The molecule has 1 atom stereocenters. The molecule has 0 aromatic heterocycles. The number of likely N-dealkylation sites (N-methyl/N-ethyl adjacent to an activating group) is 1. The van der Waals surface area contributed by atoms with E-state index in [4.69, 9.17) is 4.74 Å². The fourth-order valence-electron chi connectivity index (χ4n) is 5.84. The number of aromatic carboxylic acids is 1. The summed E-state index contributed by atoms with van der Waals surface area (Å²) >= 11 is 0. The first-order chi connectivity index (χ1) is 19.9. The molecule has 2 amide bonds. The second-order valence-corrected chi connectivity index (χ2v) is 10.4. The average Bonchev–Trinajstić information content (AvgIpc) is 3.54. The predicted octanol–water partition coefficient (Wildman–Crippen LogP) is 4.00. The monoisotopic (exact) mass is 552 g/mol. The predicted molar refractivity (Wildman–Crippen MR) is 158 cm³/mol. The quantitative estimate of drug-likeness (QED) is 0.380. The zero-order chi connectivity index (χ0) is 28.5. The number of anilines is 3. The molecule has 210 valence electrons. The second kappa shape index (κ2) is 11.2. The number of hydrogen-bond donors (Lipinski definition) is 3. The van der Waals surface area contributed by atoms with Crippen molar-refractivity contribution in [3.05, 3.63) is 89.0 Å². The molecule has 9 nitrogen and oxygen atoms in total. The van der Waals surface area contributed by atoms with Crippen molar-refractivity contribution in [3.63, 3.8) is 0 Å². The molecule has 1 fully saturated rings. The molecule has 0 radical (unpaired) electrons. The number of carboxylic acids is 1. The van der Waals surface area contributed by atoms with Gasteiger partial charge in [-0.15, -0.1) is 0 Å². The molecule has 1 unspecified atom stereocenters. The number of morpholine rings is 1. The number of carboxylic acid groups (broad SMARTS) is 1. The first-order valence-electron chi connectivity index (χ1n) is 14.0. The van der Waals surface area contributed by atoms with Gasteiger partial charge in [0.25, 0.3) is 5.91 Å². The van der Waals surface area contributed by atoms with E-state index in [2.05, 4.69) is 10.6 Å². The van der Waals surface area contributed by atoms with Crippen molar-refractivity contribution in [2.75, 3.05) is 47.9 Å². The SMILES string of the molecule is CCN1C(=O)C(=C(Nc2ccc3c(c2)CCN3C(=O)CC2CNCCO2)c2ccccc2)c2ccc(C(=O)O)cc21. The maximum Gasteiger partial charge on any atom is 0.335 e. The fourth-order valence-corrected chi connectivity index (χ4v) is 5.84. The van der Waals surface area contributed by atoms with E-state index in [-0.39, 0.29) is 23.5 Å². The van der Waals surface area contributed by atoms with Crippen molar-refractivity contribution in [2.45, 2.75) is 25.9 Å². The van der Waals surface area contributed by atoms with Crippen LogP contribution in [0.15, 0.2) is 66.7 Å². The van der Waals surface area contributed by atoms with Gasteiger partial charge in [-0.3, -0.25) is 9.59 Å². The number of fused-ring (bicyclic) bond motifs is 2. The summed E-state index contributed by atoms with van der Waals surface area (Å²) in [4.78, 5) is 42.0.